The van der Waals surface area contributed by atoms with E-state index in [0.29, 0.717) is 25.2 Å². The molecule has 0 radical (unpaired) electrons. The van der Waals surface area contributed by atoms with E-state index >= 15 is 0 Å². The summed E-state index contributed by atoms with van der Waals surface area (Å²) in [5.74, 6) is -0.484. The molecule has 8 heteroatoms. The zero-order valence-corrected chi connectivity index (χ0v) is 12.7. The third-order valence-corrected chi connectivity index (χ3v) is 4.21. The average molecular weight is 345 g/mol. The van der Waals surface area contributed by atoms with E-state index in [4.69, 9.17) is 10.5 Å². The molecule has 0 spiro atoms. The second kappa shape index (κ2) is 6.27. The van der Waals surface area contributed by atoms with Crippen LogP contribution >= 0.6 is 27.3 Å². The van der Waals surface area contributed by atoms with E-state index < -0.39 is 5.97 Å². The molecule has 0 aliphatic heterocycles. The smallest absolute Gasteiger partial charge is 0.360 e. The number of carbonyl (C=O) groups excluding carboxylic acids is 1. The fourth-order valence-corrected chi connectivity index (χ4v) is 3.12. The third kappa shape index (κ3) is 3.20. The number of thiophene rings is 1. The topological polar surface area (TPSA) is 83.0 Å². The highest BCUT2D eigenvalue weighted by Gasteiger charge is 2.19. The first-order valence-electron chi connectivity index (χ1n) is 5.59. The van der Waals surface area contributed by atoms with Crippen molar-refractivity contribution in [3.05, 3.63) is 32.2 Å². The van der Waals surface area contributed by atoms with Crippen LogP contribution in [0.5, 0.6) is 0 Å². The number of halogens is 1. The average Bonchev–Trinajstić information content (AvgIpc) is 2.97. The van der Waals surface area contributed by atoms with Crippen molar-refractivity contribution in [1.82, 2.24) is 15.0 Å². The zero-order valence-electron chi connectivity index (χ0n) is 10.3. The maximum atomic E-state index is 11.6. The molecule has 6 nitrogen and oxygen atoms in total. The number of methoxy groups -OCH3 is 1. The summed E-state index contributed by atoms with van der Waals surface area (Å²) in [5, 5.41) is 9.89. The van der Waals surface area contributed by atoms with Gasteiger partial charge in [0.1, 0.15) is 0 Å². The third-order valence-electron chi connectivity index (χ3n) is 2.52. The summed E-state index contributed by atoms with van der Waals surface area (Å²) < 4.78 is 7.41. The number of esters is 1. The summed E-state index contributed by atoms with van der Waals surface area (Å²) >= 11 is 5.02. The number of hydrogen-bond donors (Lipinski definition) is 1. The first kappa shape index (κ1) is 14.2. The molecule has 0 aromatic carbocycles. The van der Waals surface area contributed by atoms with Crippen molar-refractivity contribution < 1.29 is 9.53 Å². The standard InChI is InChI=1S/C11H13BrN4O2S/c1-18-11(17)10-9(2-3-13)16(15-14-10)5-8-4-7(12)6-19-8/h4,6H,2-3,5,13H2,1H3. The Hall–Kier alpha value is -1.25. The van der Waals surface area contributed by atoms with E-state index in [-0.39, 0.29) is 5.69 Å². The van der Waals surface area contributed by atoms with Gasteiger partial charge in [-0.3, -0.25) is 0 Å². The summed E-state index contributed by atoms with van der Waals surface area (Å²) in [5.41, 5.74) is 6.52. The van der Waals surface area contributed by atoms with Crippen molar-refractivity contribution in [1.29, 1.82) is 0 Å². The molecule has 0 atom stereocenters. The molecular formula is C11H13BrN4O2S. The Morgan fingerprint density at radius 3 is 3.00 bits per heavy atom. The van der Waals surface area contributed by atoms with E-state index in [9.17, 15) is 4.79 Å². The SMILES string of the molecule is COC(=O)c1nnn(Cc2cc(Br)cs2)c1CCN. The molecule has 19 heavy (non-hydrogen) atoms. The van der Waals surface area contributed by atoms with Gasteiger partial charge < -0.3 is 10.5 Å². The monoisotopic (exact) mass is 344 g/mol. The lowest BCUT2D eigenvalue weighted by molar-refractivity contribution is 0.0592. The zero-order chi connectivity index (χ0) is 13.8. The van der Waals surface area contributed by atoms with Gasteiger partial charge in [-0.25, -0.2) is 9.48 Å². The van der Waals surface area contributed by atoms with Gasteiger partial charge in [0.25, 0.3) is 0 Å². The molecule has 2 aromatic heterocycles. The molecular weight excluding hydrogens is 332 g/mol. The van der Waals surface area contributed by atoms with Gasteiger partial charge in [-0.05, 0) is 28.5 Å². The number of ether oxygens (including phenoxy) is 1. The van der Waals surface area contributed by atoms with Crippen molar-refractivity contribution in [2.75, 3.05) is 13.7 Å². The molecule has 0 saturated carbocycles. The number of nitrogens with two attached hydrogens (primary N) is 1. The maximum Gasteiger partial charge on any atom is 0.360 e. The highest BCUT2D eigenvalue weighted by molar-refractivity contribution is 9.10. The molecule has 2 rings (SSSR count). The Labute approximate surface area is 122 Å². The van der Waals surface area contributed by atoms with E-state index in [1.54, 1.807) is 16.0 Å². The van der Waals surface area contributed by atoms with Crippen LogP contribution in [-0.4, -0.2) is 34.6 Å². The van der Waals surface area contributed by atoms with E-state index in [1.807, 2.05) is 11.4 Å². The summed E-state index contributed by atoms with van der Waals surface area (Å²) in [6.45, 7) is 0.987. The molecule has 102 valence electrons. The molecule has 2 N–H and O–H groups in total. The fourth-order valence-electron chi connectivity index (χ4n) is 1.68. The maximum absolute atomic E-state index is 11.6. The molecule has 0 bridgehead atoms. The Balaban J connectivity index is 2.29. The van der Waals surface area contributed by atoms with Gasteiger partial charge in [0, 0.05) is 21.2 Å². The first-order valence-corrected chi connectivity index (χ1v) is 7.26. The van der Waals surface area contributed by atoms with Gasteiger partial charge in [-0.1, -0.05) is 5.21 Å². The van der Waals surface area contributed by atoms with Crippen LogP contribution in [0.3, 0.4) is 0 Å². The molecule has 2 aromatic rings. The highest BCUT2D eigenvalue weighted by atomic mass is 79.9. The molecule has 0 aliphatic carbocycles. The van der Waals surface area contributed by atoms with Crippen LogP contribution in [0.25, 0.3) is 0 Å². The minimum atomic E-state index is -0.484. The quantitative estimate of drug-likeness (QED) is 0.829. The minimum Gasteiger partial charge on any atom is -0.464 e. The van der Waals surface area contributed by atoms with Gasteiger partial charge in [0.2, 0.25) is 0 Å². The number of aromatic nitrogens is 3. The first-order chi connectivity index (χ1) is 9.15. The fraction of sp³-hybridized carbons (Fsp3) is 0.364. The highest BCUT2D eigenvalue weighted by Crippen LogP contribution is 2.21. The summed E-state index contributed by atoms with van der Waals surface area (Å²) in [6.07, 6.45) is 0.532. The summed E-state index contributed by atoms with van der Waals surface area (Å²) in [6, 6.07) is 2.01. The van der Waals surface area contributed by atoms with Crippen molar-refractivity contribution in [3.63, 3.8) is 0 Å². The molecule has 0 fully saturated rings. The lowest BCUT2D eigenvalue weighted by atomic mass is 10.2. The Bertz CT molecular complexity index is 581. The number of nitrogens with zero attached hydrogens (tertiary/aromatic N) is 3. The van der Waals surface area contributed by atoms with Crippen LogP contribution in [-0.2, 0) is 17.7 Å². The van der Waals surface area contributed by atoms with Crippen molar-refractivity contribution in [2.24, 2.45) is 5.73 Å². The Morgan fingerprint density at radius 1 is 1.63 bits per heavy atom. The van der Waals surface area contributed by atoms with E-state index in [1.165, 1.54) is 7.11 Å². The van der Waals surface area contributed by atoms with E-state index in [0.717, 1.165) is 9.35 Å². The molecule has 0 saturated heterocycles. The van der Waals surface area contributed by atoms with Crippen LogP contribution in [0.15, 0.2) is 15.9 Å². The van der Waals surface area contributed by atoms with Crippen LogP contribution in [0.1, 0.15) is 21.1 Å². The molecule has 0 amide bonds. The summed E-state index contributed by atoms with van der Waals surface area (Å²) in [4.78, 5) is 12.7. The van der Waals surface area contributed by atoms with Gasteiger partial charge >= 0.3 is 5.97 Å². The summed E-state index contributed by atoms with van der Waals surface area (Å²) in [7, 11) is 1.32. The van der Waals surface area contributed by atoms with Crippen LogP contribution in [0.2, 0.25) is 0 Å². The lowest BCUT2D eigenvalue weighted by Gasteiger charge is -2.05. The second-order valence-corrected chi connectivity index (χ2v) is 5.72. The van der Waals surface area contributed by atoms with Crippen molar-refractivity contribution in [2.45, 2.75) is 13.0 Å². The van der Waals surface area contributed by atoms with Crippen LogP contribution < -0.4 is 5.73 Å². The predicted octanol–water partition coefficient (Wildman–Crippen LogP) is 1.44. The second-order valence-electron chi connectivity index (χ2n) is 3.80. The lowest BCUT2D eigenvalue weighted by Crippen LogP contribution is -2.14. The minimum absolute atomic E-state index is 0.239. The van der Waals surface area contributed by atoms with Crippen LogP contribution in [0.4, 0.5) is 0 Å². The predicted molar refractivity (Wildman–Crippen MR) is 75.2 cm³/mol. The van der Waals surface area contributed by atoms with Gasteiger partial charge in [-0.2, -0.15) is 0 Å². The molecule has 2 heterocycles. The Kier molecular flexibility index (Phi) is 4.67. The number of carbonyl (C=O) groups is 1. The van der Waals surface area contributed by atoms with Gasteiger partial charge in [-0.15, -0.1) is 16.4 Å². The molecule has 0 aliphatic rings. The van der Waals surface area contributed by atoms with Gasteiger partial charge in [0.05, 0.1) is 19.3 Å². The van der Waals surface area contributed by atoms with E-state index in [2.05, 4.69) is 26.2 Å². The van der Waals surface area contributed by atoms with Crippen molar-refractivity contribution >= 4 is 33.2 Å². The van der Waals surface area contributed by atoms with Crippen LogP contribution in [0, 0.1) is 0 Å². The molecule has 0 unspecified atom stereocenters. The van der Waals surface area contributed by atoms with Gasteiger partial charge in [0.15, 0.2) is 5.69 Å². The number of hydrogen-bond acceptors (Lipinski definition) is 6. The van der Waals surface area contributed by atoms with Crippen molar-refractivity contribution in [3.8, 4) is 0 Å². The normalized spacial score (nSPS) is 10.7. The largest absolute Gasteiger partial charge is 0.464 e. The Morgan fingerprint density at radius 2 is 2.42 bits per heavy atom. The number of rotatable bonds is 5.